The maximum Gasteiger partial charge on any atom is 0.454 e. The van der Waals surface area contributed by atoms with Crippen LogP contribution in [0.4, 0.5) is 23.2 Å². The van der Waals surface area contributed by atoms with E-state index in [1.165, 1.54) is 0 Å². The van der Waals surface area contributed by atoms with E-state index in [9.17, 15) is 22.4 Å². The summed E-state index contributed by atoms with van der Waals surface area (Å²) in [5.41, 5.74) is 3.69. The molecule has 1 aromatic carbocycles. The number of rotatable bonds is 1. The van der Waals surface area contributed by atoms with Crippen LogP contribution >= 0.6 is 11.6 Å². The van der Waals surface area contributed by atoms with Crippen LogP contribution in [0.25, 0.3) is 0 Å². The Bertz CT molecular complexity index is 393. The number of hydrogen-bond acceptors (Lipinski definition) is 2. The van der Waals surface area contributed by atoms with Gasteiger partial charge < -0.3 is 5.73 Å². The van der Waals surface area contributed by atoms with E-state index < -0.39 is 34.1 Å². The zero-order chi connectivity index (χ0) is 11.8. The van der Waals surface area contributed by atoms with Crippen molar-refractivity contribution in [3.05, 3.63) is 28.5 Å². The van der Waals surface area contributed by atoms with Gasteiger partial charge in [-0.2, -0.15) is 13.2 Å². The smallest absolute Gasteiger partial charge is 0.395 e. The fourth-order valence-electron chi connectivity index (χ4n) is 0.879. The lowest BCUT2D eigenvalue weighted by Gasteiger charge is -2.07. The van der Waals surface area contributed by atoms with Crippen molar-refractivity contribution in [2.24, 2.45) is 0 Å². The highest BCUT2D eigenvalue weighted by molar-refractivity contribution is 6.33. The summed E-state index contributed by atoms with van der Waals surface area (Å²) in [4.78, 5) is 10.7. The minimum absolute atomic E-state index is 0.400. The van der Waals surface area contributed by atoms with E-state index in [2.05, 4.69) is 0 Å². The van der Waals surface area contributed by atoms with Gasteiger partial charge in [0.2, 0.25) is 0 Å². The Morgan fingerprint density at radius 3 is 2.27 bits per heavy atom. The minimum atomic E-state index is -5.06. The summed E-state index contributed by atoms with van der Waals surface area (Å²) in [7, 11) is 0. The Hall–Kier alpha value is -1.30. The summed E-state index contributed by atoms with van der Waals surface area (Å²) >= 11 is 5.33. The van der Waals surface area contributed by atoms with Gasteiger partial charge in [-0.15, -0.1) is 0 Å². The molecule has 0 fully saturated rings. The number of halogens is 5. The minimum Gasteiger partial charge on any atom is -0.395 e. The molecule has 0 radical (unpaired) electrons. The predicted molar refractivity (Wildman–Crippen MR) is 46.2 cm³/mol. The summed E-state index contributed by atoms with van der Waals surface area (Å²) in [5.74, 6) is -3.32. The summed E-state index contributed by atoms with van der Waals surface area (Å²) < 4.78 is 48.7. The van der Waals surface area contributed by atoms with E-state index >= 15 is 0 Å². The van der Waals surface area contributed by atoms with E-state index in [4.69, 9.17) is 17.3 Å². The second-order valence-corrected chi connectivity index (χ2v) is 3.09. The van der Waals surface area contributed by atoms with Crippen LogP contribution in [0, 0.1) is 5.82 Å². The maximum atomic E-state index is 12.9. The first-order chi connectivity index (χ1) is 6.73. The third-order valence-electron chi connectivity index (χ3n) is 1.60. The Morgan fingerprint density at radius 1 is 1.33 bits per heavy atom. The number of ketones is 1. The molecular weight excluding hydrogens is 238 g/mol. The average molecular weight is 242 g/mol. The zero-order valence-electron chi connectivity index (χ0n) is 7.03. The predicted octanol–water partition coefficient (Wildman–Crippen LogP) is 2.81. The van der Waals surface area contributed by atoms with E-state index in [0.717, 1.165) is 0 Å². The number of carbonyl (C=O) groups excluding carboxylic acids is 1. The number of hydrogen-bond donors (Lipinski definition) is 1. The first-order valence-electron chi connectivity index (χ1n) is 3.59. The van der Waals surface area contributed by atoms with Gasteiger partial charge in [-0.25, -0.2) is 4.39 Å². The van der Waals surface area contributed by atoms with E-state index in [1.54, 1.807) is 0 Å². The molecule has 2 nitrogen and oxygen atoms in total. The van der Waals surface area contributed by atoms with Gasteiger partial charge in [-0.05, 0) is 12.1 Å². The molecule has 15 heavy (non-hydrogen) atoms. The Kier molecular flexibility index (Phi) is 2.90. The SMILES string of the molecule is Nc1c(F)cc(C(=O)C(F)(F)F)cc1Cl. The van der Waals surface area contributed by atoms with Crippen LogP contribution in [0.1, 0.15) is 10.4 Å². The fourth-order valence-corrected chi connectivity index (χ4v) is 1.09. The summed E-state index contributed by atoms with van der Waals surface area (Å²) in [5, 5.41) is -0.428. The molecule has 0 heterocycles. The molecule has 0 bridgehead atoms. The van der Waals surface area contributed by atoms with Crippen LogP contribution in [0.3, 0.4) is 0 Å². The summed E-state index contributed by atoms with van der Waals surface area (Å²) in [6.07, 6.45) is -5.06. The Balaban J connectivity index is 3.24. The normalized spacial score (nSPS) is 11.5. The molecule has 2 N–H and O–H groups in total. The largest absolute Gasteiger partial charge is 0.454 e. The standard InChI is InChI=1S/C8H4ClF4NO/c9-4-1-3(2-5(10)6(4)14)7(15)8(11,12)13/h1-2H,14H2. The summed E-state index contributed by atoms with van der Waals surface area (Å²) in [6, 6.07) is 1.08. The van der Waals surface area contributed by atoms with Crippen LogP contribution in [0.15, 0.2) is 12.1 Å². The number of Topliss-reactive ketones (excluding diaryl/α,β-unsaturated/α-hetero) is 1. The topological polar surface area (TPSA) is 43.1 Å². The maximum absolute atomic E-state index is 12.9. The van der Waals surface area contributed by atoms with Gasteiger partial charge in [0.05, 0.1) is 10.7 Å². The van der Waals surface area contributed by atoms with E-state index in [0.29, 0.717) is 12.1 Å². The van der Waals surface area contributed by atoms with Gasteiger partial charge >= 0.3 is 6.18 Å². The quantitative estimate of drug-likeness (QED) is 0.467. The van der Waals surface area contributed by atoms with Gasteiger partial charge in [0.1, 0.15) is 5.82 Å². The second-order valence-electron chi connectivity index (χ2n) is 2.68. The molecule has 0 aromatic heterocycles. The zero-order valence-corrected chi connectivity index (χ0v) is 7.79. The number of nitrogens with two attached hydrogens (primary N) is 1. The highest BCUT2D eigenvalue weighted by atomic mass is 35.5. The van der Waals surface area contributed by atoms with Crippen LogP contribution in [-0.2, 0) is 0 Å². The lowest BCUT2D eigenvalue weighted by molar-refractivity contribution is -0.0885. The van der Waals surface area contributed by atoms with Gasteiger partial charge in [0.25, 0.3) is 5.78 Å². The van der Waals surface area contributed by atoms with Crippen molar-refractivity contribution in [1.82, 2.24) is 0 Å². The van der Waals surface area contributed by atoms with Crippen LogP contribution in [-0.4, -0.2) is 12.0 Å². The molecule has 7 heteroatoms. The van der Waals surface area contributed by atoms with Crippen molar-refractivity contribution in [1.29, 1.82) is 0 Å². The van der Waals surface area contributed by atoms with E-state index in [1.807, 2.05) is 0 Å². The lowest BCUT2D eigenvalue weighted by atomic mass is 10.1. The Labute approximate surface area is 86.6 Å². The average Bonchev–Trinajstić information content (AvgIpc) is 2.10. The molecule has 1 aromatic rings. The van der Waals surface area contributed by atoms with Crippen LogP contribution in [0.2, 0.25) is 5.02 Å². The number of alkyl halides is 3. The summed E-state index contributed by atoms with van der Waals surface area (Å²) in [6.45, 7) is 0. The third-order valence-corrected chi connectivity index (χ3v) is 1.91. The molecule has 0 spiro atoms. The molecule has 0 saturated heterocycles. The van der Waals surface area contributed by atoms with Crippen molar-refractivity contribution in [3.8, 4) is 0 Å². The van der Waals surface area contributed by atoms with Crippen molar-refractivity contribution in [2.75, 3.05) is 5.73 Å². The van der Waals surface area contributed by atoms with Gasteiger partial charge in [-0.3, -0.25) is 4.79 Å². The third kappa shape index (κ3) is 2.38. The first-order valence-corrected chi connectivity index (χ1v) is 3.97. The monoisotopic (exact) mass is 241 g/mol. The van der Waals surface area contributed by atoms with E-state index in [-0.39, 0.29) is 0 Å². The molecule has 0 aliphatic carbocycles. The number of anilines is 1. The lowest BCUT2D eigenvalue weighted by Crippen LogP contribution is -2.23. The van der Waals surface area contributed by atoms with Gasteiger partial charge in [0, 0.05) is 5.56 Å². The molecule has 0 saturated carbocycles. The molecule has 0 atom stereocenters. The highest BCUT2D eigenvalue weighted by Gasteiger charge is 2.39. The molecule has 1 rings (SSSR count). The van der Waals surface area contributed by atoms with Gasteiger partial charge in [0.15, 0.2) is 0 Å². The molecular formula is C8H4ClF4NO. The number of benzene rings is 1. The van der Waals surface area contributed by atoms with Crippen molar-refractivity contribution in [3.63, 3.8) is 0 Å². The van der Waals surface area contributed by atoms with Crippen molar-refractivity contribution < 1.29 is 22.4 Å². The molecule has 0 aliphatic rings. The molecule has 0 aliphatic heterocycles. The van der Waals surface area contributed by atoms with Gasteiger partial charge in [-0.1, -0.05) is 11.6 Å². The number of carbonyl (C=O) groups is 1. The molecule has 82 valence electrons. The second kappa shape index (κ2) is 3.69. The fraction of sp³-hybridized carbons (Fsp3) is 0.125. The van der Waals surface area contributed by atoms with Crippen LogP contribution in [0.5, 0.6) is 0 Å². The molecule has 0 amide bonds. The highest BCUT2D eigenvalue weighted by Crippen LogP contribution is 2.28. The first kappa shape index (κ1) is 11.8. The van der Waals surface area contributed by atoms with Crippen molar-refractivity contribution >= 4 is 23.1 Å². The molecule has 0 unspecified atom stereocenters. The van der Waals surface area contributed by atoms with Crippen LogP contribution < -0.4 is 5.73 Å². The van der Waals surface area contributed by atoms with Crippen molar-refractivity contribution in [2.45, 2.75) is 6.18 Å². The number of nitrogen functional groups attached to an aromatic ring is 1. The Morgan fingerprint density at radius 2 is 1.87 bits per heavy atom.